The van der Waals surface area contributed by atoms with Gasteiger partial charge in [-0.2, -0.15) is 9.97 Å². The topological polar surface area (TPSA) is 361 Å². The number of H-pyrrole nitrogens is 2. The number of anilines is 2. The lowest BCUT2D eigenvalue weighted by Crippen LogP contribution is -2.36. The molecule has 6 rings (SSSR count). The van der Waals surface area contributed by atoms with Crippen LogP contribution in [0.1, 0.15) is 18.9 Å². The second-order valence-electron chi connectivity index (χ2n) is 10.2. The number of nitrogens with one attached hydrogen (secondary N) is 2. The minimum absolute atomic E-state index is 0.0181. The van der Waals surface area contributed by atoms with E-state index < -0.39 is 83.0 Å². The number of imidazole rings is 2. The van der Waals surface area contributed by atoms with Crippen LogP contribution in [-0.4, -0.2) is 108 Å². The first-order valence-corrected chi connectivity index (χ1v) is 16.1. The number of aromatic nitrogens is 8. The van der Waals surface area contributed by atoms with Crippen LogP contribution in [-0.2, 0) is 32.2 Å². The van der Waals surface area contributed by atoms with E-state index in [2.05, 4.69) is 34.4 Å². The van der Waals surface area contributed by atoms with Crippen LogP contribution >= 0.6 is 15.6 Å². The smallest absolute Gasteiger partial charge is 0.388 e. The van der Waals surface area contributed by atoms with Crippen LogP contribution in [0, 0.1) is 0 Å². The maximum atomic E-state index is 13.0. The lowest BCUT2D eigenvalue weighted by Gasteiger charge is -2.24. The van der Waals surface area contributed by atoms with Crippen LogP contribution in [0.3, 0.4) is 0 Å². The fourth-order valence-corrected chi connectivity index (χ4v) is 6.42. The number of aliphatic hydroxyl groups is 2. The first-order chi connectivity index (χ1) is 21.6. The summed E-state index contributed by atoms with van der Waals surface area (Å²) in [7, 11) is -10.2. The Morgan fingerprint density at radius 3 is 2.02 bits per heavy atom. The molecule has 0 radical (unpaired) electrons. The van der Waals surface area contributed by atoms with E-state index in [9.17, 15) is 43.6 Å². The number of fused-ring (bicyclic) bond motifs is 2. The largest absolute Gasteiger partial charge is 0.472 e. The van der Waals surface area contributed by atoms with E-state index in [1.165, 1.54) is 10.9 Å². The predicted molar refractivity (Wildman–Crippen MR) is 148 cm³/mol. The van der Waals surface area contributed by atoms with Gasteiger partial charge in [-0.25, -0.2) is 19.1 Å². The van der Waals surface area contributed by atoms with Crippen molar-refractivity contribution in [2.24, 2.45) is 0 Å². The van der Waals surface area contributed by atoms with Crippen molar-refractivity contribution in [3.8, 4) is 0 Å². The van der Waals surface area contributed by atoms with E-state index in [0.717, 1.165) is 10.9 Å². The third-order valence-corrected chi connectivity index (χ3v) is 8.48. The minimum Gasteiger partial charge on any atom is -0.388 e. The zero-order chi connectivity index (χ0) is 33.1. The van der Waals surface area contributed by atoms with E-state index in [0.29, 0.717) is 0 Å². The maximum absolute atomic E-state index is 13.0. The summed E-state index contributed by atoms with van der Waals surface area (Å²) in [5.74, 6) is -0.504. The molecule has 46 heavy (non-hydrogen) atoms. The van der Waals surface area contributed by atoms with Crippen molar-refractivity contribution in [3.05, 3.63) is 33.4 Å². The number of nitrogens with zero attached hydrogens (tertiary/aromatic N) is 6. The van der Waals surface area contributed by atoms with Gasteiger partial charge < -0.3 is 45.8 Å². The summed E-state index contributed by atoms with van der Waals surface area (Å²) in [4.78, 5) is 73.5. The molecule has 4 aromatic rings. The third-order valence-electron chi connectivity index (χ3n) is 7.01. The number of aromatic amines is 2. The molecule has 2 aliphatic heterocycles. The number of phosphoric acid groups is 2. The van der Waals surface area contributed by atoms with E-state index in [1.807, 2.05) is 0 Å². The number of nitrogens with two attached hydrogens (primary N) is 2. The highest BCUT2D eigenvalue weighted by Gasteiger charge is 2.50. The molecule has 2 aliphatic rings. The lowest BCUT2D eigenvalue weighted by molar-refractivity contribution is -0.0556. The quantitative estimate of drug-likeness (QED) is 0.0744. The summed E-state index contributed by atoms with van der Waals surface area (Å²) in [6.45, 7) is -1.55. The third kappa shape index (κ3) is 6.33. The average Bonchev–Trinajstić information content (AvgIpc) is 3.72. The van der Waals surface area contributed by atoms with Gasteiger partial charge in [0.15, 0.2) is 34.8 Å². The molecular weight excluding hydrogens is 666 g/mol. The van der Waals surface area contributed by atoms with E-state index in [-0.39, 0.29) is 40.6 Å². The summed E-state index contributed by atoms with van der Waals surface area (Å²) in [5.41, 5.74) is 9.48. The van der Waals surface area contributed by atoms with Gasteiger partial charge in [0.05, 0.1) is 32.0 Å². The average molecular weight is 692 g/mol. The highest BCUT2D eigenvalue weighted by molar-refractivity contribution is 7.47. The van der Waals surface area contributed by atoms with Crippen LogP contribution in [0.5, 0.6) is 0 Å². The first-order valence-electron chi connectivity index (χ1n) is 13.1. The summed E-state index contributed by atoms with van der Waals surface area (Å²) in [5, 5.41) is 21.7. The fraction of sp³-hybridized carbons (Fsp3) is 0.500. The second kappa shape index (κ2) is 11.9. The molecule has 0 amide bonds. The highest BCUT2D eigenvalue weighted by Crippen LogP contribution is 2.50. The van der Waals surface area contributed by atoms with E-state index >= 15 is 0 Å². The summed E-state index contributed by atoms with van der Waals surface area (Å²) < 4.78 is 52.8. The molecular formula is C20H26N10O14P2. The predicted octanol–water partition coefficient (Wildman–Crippen LogP) is -3.06. The Hall–Kier alpha value is -3.64. The zero-order valence-corrected chi connectivity index (χ0v) is 24.7. The first kappa shape index (κ1) is 32.3. The van der Waals surface area contributed by atoms with Gasteiger partial charge in [0.1, 0.15) is 24.4 Å². The molecule has 4 aromatic heterocycles. The molecule has 0 bridgehead atoms. The van der Waals surface area contributed by atoms with Gasteiger partial charge in [-0.15, -0.1) is 0 Å². The number of hydrogen-bond donors (Lipinski definition) is 9. The Kier molecular flexibility index (Phi) is 8.33. The molecule has 2 fully saturated rings. The maximum Gasteiger partial charge on any atom is 0.472 e. The Balaban J connectivity index is 1.17. The van der Waals surface area contributed by atoms with Crippen molar-refractivity contribution < 1.29 is 57.1 Å². The van der Waals surface area contributed by atoms with Gasteiger partial charge in [0.2, 0.25) is 11.9 Å². The van der Waals surface area contributed by atoms with Crippen molar-refractivity contribution in [3.63, 3.8) is 0 Å². The number of rotatable bonds is 10. The molecule has 24 nitrogen and oxygen atoms in total. The van der Waals surface area contributed by atoms with Crippen molar-refractivity contribution >= 4 is 49.9 Å². The van der Waals surface area contributed by atoms with Crippen molar-refractivity contribution in [2.45, 2.75) is 49.4 Å². The van der Waals surface area contributed by atoms with Gasteiger partial charge in [0, 0.05) is 6.42 Å². The summed E-state index contributed by atoms with van der Waals surface area (Å²) in [6, 6.07) is 0. The lowest BCUT2D eigenvalue weighted by atomic mass is 10.1. The molecule has 1 unspecified atom stereocenters. The van der Waals surface area contributed by atoms with E-state index in [1.54, 1.807) is 0 Å². The number of aliphatic hydroxyl groups excluding tert-OH is 2. The normalized spacial score (nSPS) is 28.3. The molecule has 0 saturated carbocycles. The molecule has 2 saturated heterocycles. The molecule has 0 spiro atoms. The molecule has 8 atom stereocenters. The van der Waals surface area contributed by atoms with Gasteiger partial charge in [-0.3, -0.25) is 42.3 Å². The van der Waals surface area contributed by atoms with Crippen LogP contribution < -0.4 is 22.6 Å². The van der Waals surface area contributed by atoms with Crippen LogP contribution in [0.15, 0.2) is 22.2 Å². The summed E-state index contributed by atoms with van der Waals surface area (Å²) >= 11 is 0. The van der Waals surface area contributed by atoms with E-state index in [4.69, 9.17) is 30.0 Å². The molecule has 26 heteroatoms. The molecule has 0 aliphatic carbocycles. The molecule has 0 aromatic carbocycles. The standard InChI is InChI=1S/C20H26N10O14P2/c21-19-25-13-9(15(33)27-19)23-4-29(13)17-7(31)1-6(42-17)2-41-46(38,39)44-12-8(3-40-45(35,36)37)43-18(11(12)32)30-5-24-10-14(30)26-20(22)28-16(10)34/h4-8,11-12,17-18,31-32H,1-3H2,(H,38,39)(H2,35,36,37)(H3,21,25,27,33)(H3,22,26,28,34)/t6-,7+,8+,11+,12+,17+,18+/m0/s1. The molecule has 11 N–H and O–H groups in total. The number of phosphoric ester groups is 2. The molecule has 6 heterocycles. The number of nitrogen functional groups attached to an aromatic ring is 2. The minimum atomic E-state index is -5.11. The van der Waals surface area contributed by atoms with Gasteiger partial charge in [-0.05, 0) is 0 Å². The fourth-order valence-electron chi connectivity index (χ4n) is 5.09. The number of ether oxygens (including phenoxy) is 2. The SMILES string of the molecule is Nc1nc2c(ncn2[C@@H]2O[C@H](COP(=O)(O)O)[C@@H](OP(=O)(O)OC[C@@H]3C[C@@H](O)[C@H](n4cnc5c(=O)[nH]c(N)nc54)O3)[C@H]2O)c(=O)[nH]1. The van der Waals surface area contributed by atoms with Crippen molar-refractivity contribution in [1.29, 1.82) is 0 Å². The van der Waals surface area contributed by atoms with Crippen LogP contribution in [0.2, 0.25) is 0 Å². The van der Waals surface area contributed by atoms with Crippen LogP contribution in [0.4, 0.5) is 11.9 Å². The second-order valence-corrected chi connectivity index (χ2v) is 12.8. The van der Waals surface area contributed by atoms with Crippen molar-refractivity contribution in [1.82, 2.24) is 39.0 Å². The van der Waals surface area contributed by atoms with Gasteiger partial charge >= 0.3 is 15.6 Å². The highest BCUT2D eigenvalue weighted by atomic mass is 31.2. The van der Waals surface area contributed by atoms with Crippen molar-refractivity contribution in [2.75, 3.05) is 24.7 Å². The monoisotopic (exact) mass is 692 g/mol. The van der Waals surface area contributed by atoms with Gasteiger partial charge in [-0.1, -0.05) is 0 Å². The molecule has 250 valence electrons. The zero-order valence-electron chi connectivity index (χ0n) is 23.0. The summed E-state index contributed by atoms with van der Waals surface area (Å²) in [6.07, 6.45) is -7.95. The Labute approximate surface area is 253 Å². The number of hydrogen-bond acceptors (Lipinski definition) is 17. The Morgan fingerprint density at radius 1 is 0.891 bits per heavy atom. The Bertz CT molecular complexity index is 1990. The van der Waals surface area contributed by atoms with Crippen LogP contribution in [0.25, 0.3) is 22.3 Å². The Morgan fingerprint density at radius 2 is 1.46 bits per heavy atom. The van der Waals surface area contributed by atoms with Gasteiger partial charge in [0.25, 0.3) is 11.1 Å².